The van der Waals surface area contributed by atoms with Gasteiger partial charge < -0.3 is 15.5 Å². The molecule has 0 radical (unpaired) electrons. The molecule has 0 saturated carbocycles. The normalized spacial score (nSPS) is 11.8. The number of halogens is 1. The zero-order valence-electron chi connectivity index (χ0n) is 14.7. The summed E-state index contributed by atoms with van der Waals surface area (Å²) < 4.78 is 13.8. The van der Waals surface area contributed by atoms with Crippen molar-refractivity contribution in [3.63, 3.8) is 0 Å². The van der Waals surface area contributed by atoms with Crippen LogP contribution in [0.5, 0.6) is 0 Å². The third-order valence-electron chi connectivity index (χ3n) is 3.51. The molecule has 0 bridgehead atoms. The molecule has 1 aromatic carbocycles. The van der Waals surface area contributed by atoms with Crippen LogP contribution in [-0.4, -0.2) is 32.0 Å². The fourth-order valence-corrected chi connectivity index (χ4v) is 3.19. The van der Waals surface area contributed by atoms with Crippen LogP contribution < -0.4 is 10.6 Å². The SMILES string of the molecule is CN=C(NCc1ccc(F)c(CN(C)C)c1)NCc1ccc(C)s1. The minimum atomic E-state index is -0.164. The average Bonchev–Trinajstić information content (AvgIpc) is 2.95. The lowest BCUT2D eigenvalue weighted by Gasteiger charge is -2.14. The van der Waals surface area contributed by atoms with Crippen molar-refractivity contribution < 1.29 is 4.39 Å². The number of nitrogens with one attached hydrogen (secondary N) is 2. The van der Waals surface area contributed by atoms with Crippen molar-refractivity contribution in [1.82, 2.24) is 15.5 Å². The highest BCUT2D eigenvalue weighted by molar-refractivity contribution is 7.11. The molecule has 2 N–H and O–H groups in total. The van der Waals surface area contributed by atoms with Crippen molar-refractivity contribution in [3.8, 4) is 0 Å². The molecule has 1 aromatic heterocycles. The van der Waals surface area contributed by atoms with Gasteiger partial charge in [0.1, 0.15) is 5.82 Å². The number of aryl methyl sites for hydroxylation is 1. The predicted octanol–water partition coefficient (Wildman–Crippen LogP) is 3.12. The summed E-state index contributed by atoms with van der Waals surface area (Å²) in [6, 6.07) is 9.46. The van der Waals surface area contributed by atoms with Crippen molar-refractivity contribution in [2.45, 2.75) is 26.6 Å². The zero-order valence-corrected chi connectivity index (χ0v) is 15.5. The zero-order chi connectivity index (χ0) is 17.5. The van der Waals surface area contributed by atoms with E-state index >= 15 is 0 Å². The molecule has 24 heavy (non-hydrogen) atoms. The fourth-order valence-electron chi connectivity index (χ4n) is 2.36. The summed E-state index contributed by atoms with van der Waals surface area (Å²) in [7, 11) is 5.61. The van der Waals surface area contributed by atoms with Gasteiger partial charge in [-0.15, -0.1) is 11.3 Å². The summed E-state index contributed by atoms with van der Waals surface area (Å²) in [4.78, 5) is 8.76. The summed E-state index contributed by atoms with van der Waals surface area (Å²) in [5.74, 6) is 0.572. The molecule has 0 aliphatic rings. The number of thiophene rings is 1. The van der Waals surface area contributed by atoms with Crippen LogP contribution in [0, 0.1) is 12.7 Å². The molecule has 0 saturated heterocycles. The Bertz CT molecular complexity index is 694. The first-order chi connectivity index (χ1) is 11.5. The maximum atomic E-state index is 13.8. The minimum absolute atomic E-state index is 0.164. The lowest BCUT2D eigenvalue weighted by Crippen LogP contribution is -2.36. The molecule has 0 amide bonds. The van der Waals surface area contributed by atoms with Crippen LogP contribution in [0.1, 0.15) is 20.9 Å². The number of aliphatic imine (C=N–C) groups is 1. The standard InChI is InChI=1S/C18H25FN4S/c1-13-5-7-16(24-13)11-22-18(20-2)21-10-14-6-8-17(19)15(9-14)12-23(3)4/h5-9H,10-12H2,1-4H3,(H2,20,21,22). The van der Waals surface area contributed by atoms with Crippen LogP contribution in [0.25, 0.3) is 0 Å². The van der Waals surface area contributed by atoms with Crippen LogP contribution in [-0.2, 0) is 19.6 Å². The van der Waals surface area contributed by atoms with E-state index in [0.29, 0.717) is 18.7 Å². The van der Waals surface area contributed by atoms with Crippen molar-refractivity contribution in [2.24, 2.45) is 4.99 Å². The van der Waals surface area contributed by atoms with Crippen molar-refractivity contribution in [3.05, 3.63) is 57.0 Å². The molecule has 4 nitrogen and oxygen atoms in total. The number of guanidine groups is 1. The largest absolute Gasteiger partial charge is 0.352 e. The summed E-state index contributed by atoms with van der Waals surface area (Å²) in [6.07, 6.45) is 0. The lowest BCUT2D eigenvalue weighted by atomic mass is 10.1. The van der Waals surface area contributed by atoms with Gasteiger partial charge in [-0.2, -0.15) is 0 Å². The maximum Gasteiger partial charge on any atom is 0.191 e. The van der Waals surface area contributed by atoms with Crippen LogP contribution >= 0.6 is 11.3 Å². The molecule has 0 unspecified atom stereocenters. The van der Waals surface area contributed by atoms with E-state index in [1.54, 1.807) is 24.5 Å². The number of benzene rings is 1. The Morgan fingerprint density at radius 2 is 1.92 bits per heavy atom. The molecule has 130 valence electrons. The Labute approximate surface area is 147 Å². The molecule has 6 heteroatoms. The molecule has 0 spiro atoms. The van der Waals surface area contributed by atoms with Gasteiger partial charge in [0.05, 0.1) is 6.54 Å². The fraction of sp³-hybridized carbons (Fsp3) is 0.389. The van der Waals surface area contributed by atoms with E-state index in [9.17, 15) is 4.39 Å². The summed E-state index contributed by atoms with van der Waals surface area (Å²) in [6.45, 7) is 4.03. The van der Waals surface area contributed by atoms with Crippen LogP contribution in [0.2, 0.25) is 0 Å². The molecule has 0 aliphatic heterocycles. The molecular formula is C18H25FN4S. The van der Waals surface area contributed by atoms with Gasteiger partial charge in [-0.1, -0.05) is 6.07 Å². The third kappa shape index (κ3) is 5.62. The van der Waals surface area contributed by atoms with Gasteiger partial charge in [0, 0.05) is 35.5 Å². The second-order valence-corrected chi connectivity index (χ2v) is 7.33. The van der Waals surface area contributed by atoms with E-state index in [4.69, 9.17) is 0 Å². The minimum Gasteiger partial charge on any atom is -0.352 e. The van der Waals surface area contributed by atoms with E-state index in [0.717, 1.165) is 18.1 Å². The Balaban J connectivity index is 1.90. The lowest BCUT2D eigenvalue weighted by molar-refractivity contribution is 0.392. The van der Waals surface area contributed by atoms with Crippen molar-refractivity contribution in [2.75, 3.05) is 21.1 Å². The van der Waals surface area contributed by atoms with Gasteiger partial charge in [-0.25, -0.2) is 4.39 Å². The quantitative estimate of drug-likeness (QED) is 0.622. The smallest absolute Gasteiger partial charge is 0.191 e. The van der Waals surface area contributed by atoms with Gasteiger partial charge >= 0.3 is 0 Å². The van der Waals surface area contributed by atoms with Crippen LogP contribution in [0.4, 0.5) is 4.39 Å². The second kappa shape index (κ2) is 8.80. The second-order valence-electron chi connectivity index (χ2n) is 5.96. The van der Waals surface area contributed by atoms with E-state index < -0.39 is 0 Å². The third-order valence-corrected chi connectivity index (χ3v) is 4.51. The predicted molar refractivity (Wildman–Crippen MR) is 99.9 cm³/mol. The molecule has 0 atom stereocenters. The first-order valence-corrected chi connectivity index (χ1v) is 8.71. The highest BCUT2D eigenvalue weighted by atomic mass is 32.1. The Hall–Kier alpha value is -1.92. The number of rotatable bonds is 6. The van der Waals surface area contributed by atoms with Gasteiger partial charge in [0.2, 0.25) is 0 Å². The first-order valence-electron chi connectivity index (χ1n) is 7.90. The Morgan fingerprint density at radius 3 is 2.54 bits per heavy atom. The summed E-state index contributed by atoms with van der Waals surface area (Å²) >= 11 is 1.77. The average molecular weight is 348 g/mol. The van der Waals surface area contributed by atoms with E-state index in [1.807, 2.05) is 25.1 Å². The summed E-state index contributed by atoms with van der Waals surface area (Å²) in [5.41, 5.74) is 1.74. The van der Waals surface area contributed by atoms with Crippen molar-refractivity contribution in [1.29, 1.82) is 0 Å². The van der Waals surface area contributed by atoms with Gasteiger partial charge in [0.25, 0.3) is 0 Å². The Kier molecular flexibility index (Phi) is 6.75. The highest BCUT2D eigenvalue weighted by Crippen LogP contribution is 2.14. The van der Waals surface area contributed by atoms with Gasteiger partial charge in [-0.3, -0.25) is 4.99 Å². The summed E-state index contributed by atoms with van der Waals surface area (Å²) in [5, 5.41) is 6.56. The van der Waals surface area contributed by atoms with Crippen molar-refractivity contribution >= 4 is 17.3 Å². The number of hydrogen-bond donors (Lipinski definition) is 2. The van der Waals surface area contributed by atoms with E-state index in [-0.39, 0.29) is 5.82 Å². The molecule has 0 fully saturated rings. The Morgan fingerprint density at radius 1 is 1.17 bits per heavy atom. The van der Waals surface area contributed by atoms with Crippen LogP contribution in [0.3, 0.4) is 0 Å². The first kappa shape index (κ1) is 18.4. The topological polar surface area (TPSA) is 39.7 Å². The van der Waals surface area contributed by atoms with Gasteiger partial charge in [-0.05, 0) is 50.8 Å². The highest BCUT2D eigenvalue weighted by Gasteiger charge is 2.06. The molecule has 1 heterocycles. The molecule has 2 aromatic rings. The van der Waals surface area contributed by atoms with Gasteiger partial charge in [0.15, 0.2) is 5.96 Å². The molecule has 0 aliphatic carbocycles. The molecule has 2 rings (SSSR count). The van der Waals surface area contributed by atoms with Crippen LogP contribution in [0.15, 0.2) is 35.3 Å². The van der Waals surface area contributed by atoms with E-state index in [2.05, 4.69) is 34.7 Å². The number of hydrogen-bond acceptors (Lipinski definition) is 3. The maximum absolute atomic E-state index is 13.8. The molecular weight excluding hydrogens is 323 g/mol. The monoisotopic (exact) mass is 348 g/mol. The number of nitrogens with zero attached hydrogens (tertiary/aromatic N) is 2. The van der Waals surface area contributed by atoms with E-state index in [1.165, 1.54) is 15.8 Å².